The van der Waals surface area contributed by atoms with Crippen molar-refractivity contribution in [2.24, 2.45) is 0 Å². The number of aromatic nitrogens is 2. The van der Waals surface area contributed by atoms with Gasteiger partial charge in [-0.25, -0.2) is 4.98 Å². The van der Waals surface area contributed by atoms with Crippen LogP contribution in [-0.2, 0) is 13.0 Å². The normalized spacial score (nSPS) is 13.4. The van der Waals surface area contributed by atoms with Crippen LogP contribution in [-0.4, -0.2) is 16.5 Å². The number of ether oxygens (including phenoxy) is 1. The smallest absolute Gasteiger partial charge is 0.146 e. The minimum atomic E-state index is 0.393. The van der Waals surface area contributed by atoms with Crippen molar-refractivity contribution in [2.45, 2.75) is 32.8 Å². The third kappa shape index (κ3) is 4.22. The Morgan fingerprint density at radius 3 is 2.93 bits per heavy atom. The second-order valence-electron chi connectivity index (χ2n) is 6.85. The molecule has 0 bridgehead atoms. The standard InChI is InChI=1S/C22H22ClN3O/c1-15-9-11-24-18(12-15)14-27-20-7-8-21(23)26-22(20)17-5-6-19-16(13-17)4-2-3-10-25-19/h5-9,11-13,25H,2-4,10,14H2,1H3. The first-order valence-electron chi connectivity index (χ1n) is 9.27. The van der Waals surface area contributed by atoms with Crippen LogP contribution in [0.1, 0.15) is 29.7 Å². The Bertz CT molecular complexity index is 958. The van der Waals surface area contributed by atoms with Crippen LogP contribution < -0.4 is 10.1 Å². The molecule has 0 amide bonds. The Labute approximate surface area is 164 Å². The molecule has 3 heterocycles. The van der Waals surface area contributed by atoms with Crippen LogP contribution in [0.15, 0.2) is 48.7 Å². The highest BCUT2D eigenvalue weighted by Crippen LogP contribution is 2.33. The third-order valence-corrected chi connectivity index (χ3v) is 4.95. The van der Waals surface area contributed by atoms with Gasteiger partial charge in [-0.2, -0.15) is 0 Å². The van der Waals surface area contributed by atoms with Crippen molar-refractivity contribution in [2.75, 3.05) is 11.9 Å². The highest BCUT2D eigenvalue weighted by Gasteiger charge is 2.14. The van der Waals surface area contributed by atoms with Gasteiger partial charge >= 0.3 is 0 Å². The maximum Gasteiger partial charge on any atom is 0.146 e. The van der Waals surface area contributed by atoms with Crippen molar-refractivity contribution in [1.29, 1.82) is 0 Å². The van der Waals surface area contributed by atoms with Crippen LogP contribution in [0, 0.1) is 6.92 Å². The minimum absolute atomic E-state index is 0.393. The van der Waals surface area contributed by atoms with Crippen molar-refractivity contribution in [3.8, 4) is 17.0 Å². The molecule has 4 nitrogen and oxygen atoms in total. The zero-order valence-corrected chi connectivity index (χ0v) is 16.1. The van der Waals surface area contributed by atoms with Gasteiger partial charge in [-0.1, -0.05) is 17.7 Å². The summed E-state index contributed by atoms with van der Waals surface area (Å²) in [6.07, 6.45) is 5.25. The van der Waals surface area contributed by atoms with E-state index in [4.69, 9.17) is 16.3 Å². The van der Waals surface area contributed by atoms with E-state index in [-0.39, 0.29) is 0 Å². The van der Waals surface area contributed by atoms with Gasteiger partial charge in [0.15, 0.2) is 0 Å². The first kappa shape index (κ1) is 17.8. The summed E-state index contributed by atoms with van der Waals surface area (Å²) in [7, 11) is 0. The van der Waals surface area contributed by atoms with E-state index >= 15 is 0 Å². The highest BCUT2D eigenvalue weighted by atomic mass is 35.5. The number of aryl methyl sites for hydroxylation is 2. The lowest BCUT2D eigenvalue weighted by Crippen LogP contribution is -2.02. The van der Waals surface area contributed by atoms with E-state index in [2.05, 4.69) is 33.5 Å². The van der Waals surface area contributed by atoms with Gasteiger partial charge in [0, 0.05) is 24.0 Å². The van der Waals surface area contributed by atoms with E-state index in [1.54, 1.807) is 12.3 Å². The summed E-state index contributed by atoms with van der Waals surface area (Å²) in [6, 6.07) is 14.0. The molecule has 3 aromatic rings. The van der Waals surface area contributed by atoms with Gasteiger partial charge in [0.25, 0.3) is 0 Å². The molecule has 1 aliphatic heterocycles. The molecule has 0 aliphatic carbocycles. The molecule has 4 rings (SSSR count). The Balaban J connectivity index is 1.64. The van der Waals surface area contributed by atoms with E-state index in [1.165, 1.54) is 24.1 Å². The number of hydrogen-bond acceptors (Lipinski definition) is 4. The SMILES string of the molecule is Cc1ccnc(COc2ccc(Cl)nc2-c2ccc3c(c2)CCCCN3)c1. The van der Waals surface area contributed by atoms with Crippen molar-refractivity contribution in [3.05, 3.63) is 70.6 Å². The van der Waals surface area contributed by atoms with Gasteiger partial charge in [0.2, 0.25) is 0 Å². The molecule has 0 saturated heterocycles. The third-order valence-electron chi connectivity index (χ3n) is 4.74. The van der Waals surface area contributed by atoms with Crippen LogP contribution in [0.3, 0.4) is 0 Å². The second kappa shape index (κ2) is 7.97. The zero-order chi connectivity index (χ0) is 18.6. The summed E-state index contributed by atoms with van der Waals surface area (Å²) < 4.78 is 6.06. The highest BCUT2D eigenvalue weighted by molar-refractivity contribution is 6.29. The van der Waals surface area contributed by atoms with Gasteiger partial charge in [-0.05, 0) is 73.7 Å². The Morgan fingerprint density at radius 1 is 1.11 bits per heavy atom. The molecule has 1 N–H and O–H groups in total. The van der Waals surface area contributed by atoms with Crippen LogP contribution in [0.4, 0.5) is 5.69 Å². The summed E-state index contributed by atoms with van der Waals surface area (Å²) in [5.74, 6) is 0.712. The van der Waals surface area contributed by atoms with Crippen LogP contribution in [0.25, 0.3) is 11.3 Å². The molecule has 0 radical (unpaired) electrons. The van der Waals surface area contributed by atoms with E-state index in [0.29, 0.717) is 17.5 Å². The number of fused-ring (bicyclic) bond motifs is 1. The quantitative estimate of drug-likeness (QED) is 0.614. The number of rotatable bonds is 4. The molecule has 5 heteroatoms. The number of nitrogens with zero attached hydrogens (tertiary/aromatic N) is 2. The van der Waals surface area contributed by atoms with Gasteiger partial charge in [-0.3, -0.25) is 4.98 Å². The molecule has 0 fully saturated rings. The summed E-state index contributed by atoms with van der Waals surface area (Å²) in [5.41, 5.74) is 6.37. The average molecular weight is 380 g/mol. The van der Waals surface area contributed by atoms with Crippen LogP contribution in [0.2, 0.25) is 5.15 Å². The minimum Gasteiger partial charge on any atom is -0.485 e. The lowest BCUT2D eigenvalue weighted by Gasteiger charge is -2.14. The molecule has 0 unspecified atom stereocenters. The lowest BCUT2D eigenvalue weighted by molar-refractivity contribution is 0.301. The van der Waals surface area contributed by atoms with Crippen LogP contribution >= 0.6 is 11.6 Å². The second-order valence-corrected chi connectivity index (χ2v) is 7.24. The average Bonchev–Trinajstić information content (AvgIpc) is 2.92. The molecular weight excluding hydrogens is 358 g/mol. The summed E-state index contributed by atoms with van der Waals surface area (Å²) in [6.45, 7) is 3.47. The predicted molar refractivity (Wildman–Crippen MR) is 109 cm³/mol. The summed E-state index contributed by atoms with van der Waals surface area (Å²) in [5, 5.41) is 3.95. The van der Waals surface area contributed by atoms with E-state index in [9.17, 15) is 0 Å². The monoisotopic (exact) mass is 379 g/mol. The molecule has 138 valence electrons. The predicted octanol–water partition coefficient (Wildman–Crippen LogP) is 5.43. The van der Waals surface area contributed by atoms with Gasteiger partial charge in [0.05, 0.1) is 5.69 Å². The Morgan fingerprint density at radius 2 is 2.04 bits per heavy atom. The maximum atomic E-state index is 6.18. The van der Waals surface area contributed by atoms with Gasteiger partial charge < -0.3 is 10.1 Å². The first-order valence-corrected chi connectivity index (χ1v) is 9.65. The lowest BCUT2D eigenvalue weighted by atomic mass is 10.0. The number of anilines is 1. The van der Waals surface area contributed by atoms with E-state index in [0.717, 1.165) is 35.5 Å². The maximum absolute atomic E-state index is 6.18. The molecule has 1 aromatic carbocycles. The topological polar surface area (TPSA) is 47.0 Å². The number of benzene rings is 1. The fourth-order valence-electron chi connectivity index (χ4n) is 3.36. The van der Waals surface area contributed by atoms with Crippen LogP contribution in [0.5, 0.6) is 5.75 Å². The van der Waals surface area contributed by atoms with Crippen molar-refractivity contribution < 1.29 is 4.74 Å². The van der Waals surface area contributed by atoms with Gasteiger partial charge in [-0.15, -0.1) is 0 Å². The Kier molecular flexibility index (Phi) is 5.26. The van der Waals surface area contributed by atoms with Crippen molar-refractivity contribution in [3.63, 3.8) is 0 Å². The Hall–Kier alpha value is -2.59. The van der Waals surface area contributed by atoms with Crippen molar-refractivity contribution >= 4 is 17.3 Å². The van der Waals surface area contributed by atoms with Crippen molar-refractivity contribution in [1.82, 2.24) is 9.97 Å². The number of nitrogens with one attached hydrogen (secondary N) is 1. The molecular formula is C22H22ClN3O. The molecule has 27 heavy (non-hydrogen) atoms. The molecule has 0 atom stereocenters. The molecule has 1 aliphatic rings. The van der Waals surface area contributed by atoms with E-state index < -0.39 is 0 Å². The molecule has 0 saturated carbocycles. The fourth-order valence-corrected chi connectivity index (χ4v) is 3.51. The van der Waals surface area contributed by atoms with Gasteiger partial charge in [0.1, 0.15) is 23.2 Å². The first-order chi connectivity index (χ1) is 13.2. The number of halogens is 1. The fraction of sp³-hybridized carbons (Fsp3) is 0.273. The number of pyridine rings is 2. The molecule has 2 aromatic heterocycles. The largest absolute Gasteiger partial charge is 0.485 e. The summed E-state index contributed by atoms with van der Waals surface area (Å²) >= 11 is 6.18. The zero-order valence-electron chi connectivity index (χ0n) is 15.3. The summed E-state index contributed by atoms with van der Waals surface area (Å²) in [4.78, 5) is 8.91. The molecule has 0 spiro atoms. The van der Waals surface area contributed by atoms with E-state index in [1.807, 2.05) is 25.1 Å². The number of hydrogen-bond donors (Lipinski definition) is 1.